The van der Waals surface area contributed by atoms with Gasteiger partial charge in [0.15, 0.2) is 0 Å². The average Bonchev–Trinajstić information content (AvgIpc) is 3.71. The maximum absolute atomic E-state index is 2.45. The Kier molecular flexibility index (Phi) is 7.55. The van der Waals surface area contributed by atoms with Crippen LogP contribution in [0.15, 0.2) is 206 Å². The Morgan fingerprint density at radius 1 is 0.368 bits per heavy atom. The van der Waals surface area contributed by atoms with Gasteiger partial charge in [-0.1, -0.05) is 159 Å². The van der Waals surface area contributed by atoms with E-state index in [-0.39, 0.29) is 5.41 Å². The summed E-state index contributed by atoms with van der Waals surface area (Å²) in [5, 5.41) is 5.03. The minimum Gasteiger partial charge on any atom is -0.310 e. The van der Waals surface area contributed by atoms with Crippen molar-refractivity contribution < 1.29 is 0 Å². The number of nitrogens with zero attached hydrogens (tertiary/aromatic N) is 2. The lowest BCUT2D eigenvalue weighted by molar-refractivity contribution is 0.660. The maximum atomic E-state index is 2.45. The van der Waals surface area contributed by atoms with E-state index in [9.17, 15) is 0 Å². The van der Waals surface area contributed by atoms with Crippen LogP contribution in [-0.4, -0.2) is 4.57 Å². The Hall–Kier alpha value is -7.16. The second-order valence-corrected chi connectivity index (χ2v) is 15.8. The SMILES string of the molecule is CC1(C)c2ccccc2-c2cc(N(c3ccc(-c4ccccc4)cc3)c3ccc(-c4ccccc4-n4c5ccccc5c5cc6ccccc6cc54)cc3)ccc21. The minimum atomic E-state index is -0.0505. The van der Waals surface area contributed by atoms with Gasteiger partial charge in [-0.05, 0) is 110 Å². The van der Waals surface area contributed by atoms with Crippen molar-refractivity contribution in [3.05, 3.63) is 217 Å². The van der Waals surface area contributed by atoms with Crippen molar-refractivity contribution in [2.24, 2.45) is 0 Å². The molecule has 9 aromatic carbocycles. The zero-order chi connectivity index (χ0) is 38.1. The minimum absolute atomic E-state index is 0.0505. The Morgan fingerprint density at radius 3 is 1.70 bits per heavy atom. The summed E-state index contributed by atoms with van der Waals surface area (Å²) in [5.74, 6) is 0. The summed E-state index contributed by atoms with van der Waals surface area (Å²) in [6.07, 6.45) is 0. The predicted molar refractivity (Wildman–Crippen MR) is 241 cm³/mol. The number of fused-ring (bicyclic) bond motifs is 7. The topological polar surface area (TPSA) is 8.17 Å². The number of rotatable bonds is 6. The molecule has 0 atom stereocenters. The lowest BCUT2D eigenvalue weighted by Gasteiger charge is -2.27. The van der Waals surface area contributed by atoms with Crippen LogP contribution in [0.25, 0.3) is 71.6 Å². The van der Waals surface area contributed by atoms with Gasteiger partial charge in [0.25, 0.3) is 0 Å². The van der Waals surface area contributed by atoms with E-state index < -0.39 is 0 Å². The molecule has 1 aliphatic carbocycles. The first kappa shape index (κ1) is 33.2. The summed E-state index contributed by atoms with van der Waals surface area (Å²) >= 11 is 0. The highest BCUT2D eigenvalue weighted by Gasteiger charge is 2.35. The zero-order valence-corrected chi connectivity index (χ0v) is 32.0. The van der Waals surface area contributed by atoms with Gasteiger partial charge in [0.1, 0.15) is 0 Å². The van der Waals surface area contributed by atoms with Gasteiger partial charge in [-0.2, -0.15) is 0 Å². The van der Waals surface area contributed by atoms with Crippen LogP contribution in [0.1, 0.15) is 25.0 Å². The van der Waals surface area contributed by atoms with E-state index in [1.165, 1.54) is 82.8 Å². The summed E-state index contributed by atoms with van der Waals surface area (Å²) in [7, 11) is 0. The number of aromatic nitrogens is 1. The van der Waals surface area contributed by atoms with Crippen LogP contribution in [0.3, 0.4) is 0 Å². The standard InChI is InChI=1S/C55H40N2/c1-55(2)50-21-11-8-19-46(50)48-36-44(32-33-51(48)55)56(42-28-24-38(25-29-42)37-14-4-3-5-15-37)43-30-26-39(27-31-43)45-18-9-12-22-52(45)57-53-23-13-10-20-47(53)49-34-40-16-6-7-17-41(40)35-54(49)57/h3-36H,1-2H3. The lowest BCUT2D eigenvalue weighted by Crippen LogP contribution is -2.15. The highest BCUT2D eigenvalue weighted by molar-refractivity contribution is 6.14. The smallest absolute Gasteiger partial charge is 0.0547 e. The van der Waals surface area contributed by atoms with Gasteiger partial charge >= 0.3 is 0 Å². The molecule has 2 heteroatoms. The summed E-state index contributed by atoms with van der Waals surface area (Å²) in [6, 6.07) is 75.6. The fourth-order valence-electron chi connectivity index (χ4n) is 9.35. The number of hydrogen-bond donors (Lipinski definition) is 0. The second-order valence-electron chi connectivity index (χ2n) is 15.8. The molecular weight excluding hydrogens is 689 g/mol. The number of anilines is 3. The van der Waals surface area contributed by atoms with Gasteiger partial charge in [0.2, 0.25) is 0 Å². The van der Waals surface area contributed by atoms with E-state index in [1.54, 1.807) is 0 Å². The van der Waals surface area contributed by atoms with Crippen molar-refractivity contribution in [2.75, 3.05) is 4.90 Å². The molecule has 0 unspecified atom stereocenters. The normalized spacial score (nSPS) is 12.9. The average molecular weight is 729 g/mol. The van der Waals surface area contributed by atoms with Crippen LogP contribution >= 0.6 is 0 Å². The van der Waals surface area contributed by atoms with Crippen molar-refractivity contribution in [1.29, 1.82) is 0 Å². The first-order valence-corrected chi connectivity index (χ1v) is 19.8. The van der Waals surface area contributed by atoms with Crippen molar-refractivity contribution in [2.45, 2.75) is 19.3 Å². The third kappa shape index (κ3) is 5.33. The third-order valence-electron chi connectivity index (χ3n) is 12.2. The molecule has 1 aromatic heterocycles. The van der Waals surface area contributed by atoms with E-state index in [0.717, 1.165) is 17.1 Å². The molecule has 0 spiro atoms. The van der Waals surface area contributed by atoms with E-state index in [1.807, 2.05) is 0 Å². The first-order chi connectivity index (χ1) is 28.0. The Morgan fingerprint density at radius 2 is 0.930 bits per heavy atom. The number of para-hydroxylation sites is 2. The van der Waals surface area contributed by atoms with Crippen LogP contribution in [0, 0.1) is 0 Å². The summed E-state index contributed by atoms with van der Waals surface area (Å²) in [4.78, 5) is 2.40. The van der Waals surface area contributed by atoms with E-state index >= 15 is 0 Å². The monoisotopic (exact) mass is 728 g/mol. The van der Waals surface area contributed by atoms with E-state index in [4.69, 9.17) is 0 Å². The zero-order valence-electron chi connectivity index (χ0n) is 32.0. The lowest BCUT2D eigenvalue weighted by atomic mass is 9.82. The maximum Gasteiger partial charge on any atom is 0.0547 e. The molecule has 0 saturated heterocycles. The van der Waals surface area contributed by atoms with Gasteiger partial charge in [-0.25, -0.2) is 0 Å². The second kappa shape index (κ2) is 13.0. The molecule has 0 aliphatic heterocycles. The quantitative estimate of drug-likeness (QED) is 0.165. The molecule has 0 N–H and O–H groups in total. The van der Waals surface area contributed by atoms with Crippen molar-refractivity contribution in [3.63, 3.8) is 0 Å². The molecule has 0 saturated carbocycles. The summed E-state index contributed by atoms with van der Waals surface area (Å²) in [6.45, 7) is 4.69. The van der Waals surface area contributed by atoms with E-state index in [2.05, 4.69) is 230 Å². The molecule has 1 aliphatic rings. The van der Waals surface area contributed by atoms with Crippen molar-refractivity contribution in [1.82, 2.24) is 4.57 Å². The molecule has 57 heavy (non-hydrogen) atoms. The first-order valence-electron chi connectivity index (χ1n) is 19.8. The van der Waals surface area contributed by atoms with Crippen LogP contribution < -0.4 is 4.90 Å². The molecule has 0 radical (unpaired) electrons. The fraction of sp³-hybridized carbons (Fsp3) is 0.0545. The summed E-state index contributed by atoms with van der Waals surface area (Å²) in [5.41, 5.74) is 17.1. The molecule has 11 rings (SSSR count). The molecular formula is C55H40N2. The largest absolute Gasteiger partial charge is 0.310 e. The molecule has 2 nitrogen and oxygen atoms in total. The Labute approximate surface area is 333 Å². The summed E-state index contributed by atoms with van der Waals surface area (Å²) < 4.78 is 2.45. The Bertz CT molecular complexity index is 3130. The molecule has 0 fully saturated rings. The van der Waals surface area contributed by atoms with Crippen LogP contribution in [-0.2, 0) is 5.41 Å². The van der Waals surface area contributed by atoms with Crippen LogP contribution in [0.2, 0.25) is 0 Å². The number of benzene rings is 9. The predicted octanol–water partition coefficient (Wildman–Crippen LogP) is 15.0. The van der Waals surface area contributed by atoms with E-state index in [0.29, 0.717) is 0 Å². The molecule has 0 bridgehead atoms. The van der Waals surface area contributed by atoms with Crippen molar-refractivity contribution >= 4 is 49.6 Å². The molecule has 270 valence electrons. The molecule has 1 heterocycles. The fourth-order valence-corrected chi connectivity index (χ4v) is 9.35. The molecule has 0 amide bonds. The van der Waals surface area contributed by atoms with Gasteiger partial charge in [0.05, 0.1) is 16.7 Å². The van der Waals surface area contributed by atoms with Gasteiger partial charge in [0, 0.05) is 38.8 Å². The van der Waals surface area contributed by atoms with Crippen LogP contribution in [0.5, 0.6) is 0 Å². The van der Waals surface area contributed by atoms with Gasteiger partial charge in [-0.3, -0.25) is 0 Å². The number of hydrogen-bond acceptors (Lipinski definition) is 1. The van der Waals surface area contributed by atoms with Gasteiger partial charge < -0.3 is 9.47 Å². The van der Waals surface area contributed by atoms with Crippen molar-refractivity contribution in [3.8, 4) is 39.1 Å². The Balaban J connectivity index is 1.05. The highest BCUT2D eigenvalue weighted by atomic mass is 15.1. The van der Waals surface area contributed by atoms with Crippen LogP contribution in [0.4, 0.5) is 17.1 Å². The molecule has 10 aromatic rings. The highest BCUT2D eigenvalue weighted by Crippen LogP contribution is 2.51. The third-order valence-corrected chi connectivity index (χ3v) is 12.2. The van der Waals surface area contributed by atoms with Gasteiger partial charge in [-0.15, -0.1) is 0 Å².